The van der Waals surface area contributed by atoms with E-state index in [2.05, 4.69) is 20.8 Å². The molecule has 0 heteroatoms. The Hall–Kier alpha value is 0. The van der Waals surface area contributed by atoms with Crippen LogP contribution in [0.2, 0.25) is 0 Å². The van der Waals surface area contributed by atoms with E-state index in [4.69, 9.17) is 0 Å². The van der Waals surface area contributed by atoms with E-state index in [0.717, 1.165) is 11.3 Å². The molecule has 0 spiro atoms. The lowest BCUT2D eigenvalue weighted by Crippen LogP contribution is -2.19. The summed E-state index contributed by atoms with van der Waals surface area (Å²) in [7, 11) is 0. The normalized spacial score (nSPS) is 26.2. The van der Waals surface area contributed by atoms with Gasteiger partial charge in [0.15, 0.2) is 0 Å². The lowest BCUT2D eigenvalue weighted by Gasteiger charge is -2.32. The van der Waals surface area contributed by atoms with Gasteiger partial charge in [-0.05, 0) is 43.4 Å². The minimum atomic E-state index is 0.743. The molecular weight excluding hydrogens is 180 g/mol. The molecule has 0 amide bonds. The van der Waals surface area contributed by atoms with Crippen molar-refractivity contribution in [2.45, 2.75) is 85.0 Å². The first-order chi connectivity index (χ1) is 7.26. The summed E-state index contributed by atoms with van der Waals surface area (Å²) in [5.41, 5.74) is 0.743. The van der Waals surface area contributed by atoms with Gasteiger partial charge in [0.2, 0.25) is 0 Å². The summed E-state index contributed by atoms with van der Waals surface area (Å²) in [6, 6.07) is 0. The van der Waals surface area contributed by atoms with Gasteiger partial charge in [0.1, 0.15) is 0 Å². The third kappa shape index (κ3) is 3.81. The summed E-state index contributed by atoms with van der Waals surface area (Å²) in [4.78, 5) is 0. The average molecular weight is 210 g/mol. The van der Waals surface area contributed by atoms with Crippen molar-refractivity contribution in [3.8, 4) is 0 Å². The molecule has 1 atom stereocenters. The van der Waals surface area contributed by atoms with Crippen molar-refractivity contribution in [3.05, 3.63) is 0 Å². The number of hydrogen-bond acceptors (Lipinski definition) is 0. The molecule has 0 heterocycles. The molecule has 0 saturated heterocycles. The second-order valence-corrected chi connectivity index (χ2v) is 5.71. The summed E-state index contributed by atoms with van der Waals surface area (Å²) in [6.45, 7) is 7.09. The van der Waals surface area contributed by atoms with Crippen molar-refractivity contribution in [2.75, 3.05) is 0 Å². The molecule has 0 bridgehead atoms. The van der Waals surface area contributed by atoms with Gasteiger partial charge in [-0.1, -0.05) is 52.9 Å². The molecule has 1 fully saturated rings. The minimum absolute atomic E-state index is 0.743. The van der Waals surface area contributed by atoms with Gasteiger partial charge in [-0.25, -0.2) is 0 Å². The monoisotopic (exact) mass is 210 g/mol. The Morgan fingerprint density at radius 2 is 1.60 bits per heavy atom. The highest BCUT2D eigenvalue weighted by Crippen LogP contribution is 2.44. The maximum Gasteiger partial charge on any atom is -0.0298 e. The van der Waals surface area contributed by atoms with Crippen LogP contribution in [0.25, 0.3) is 0 Å². The Balaban J connectivity index is 2.55. The Labute approximate surface area is 96.8 Å². The largest absolute Gasteiger partial charge is 0.0654 e. The zero-order chi connectivity index (χ0) is 11.1. The van der Waals surface area contributed by atoms with E-state index >= 15 is 0 Å². The second-order valence-electron chi connectivity index (χ2n) is 5.71. The van der Waals surface area contributed by atoms with Crippen LogP contribution >= 0.6 is 0 Å². The van der Waals surface area contributed by atoms with Crippen molar-refractivity contribution in [3.63, 3.8) is 0 Å². The first-order valence-electron chi connectivity index (χ1n) is 7.26. The zero-order valence-corrected chi connectivity index (χ0v) is 11.1. The van der Waals surface area contributed by atoms with Crippen LogP contribution in [0, 0.1) is 11.3 Å². The zero-order valence-electron chi connectivity index (χ0n) is 11.1. The molecule has 0 N–H and O–H groups in total. The molecule has 1 rings (SSSR count). The van der Waals surface area contributed by atoms with Crippen molar-refractivity contribution in [2.24, 2.45) is 11.3 Å². The highest BCUT2D eigenvalue weighted by atomic mass is 14.4. The molecule has 0 aromatic rings. The minimum Gasteiger partial charge on any atom is -0.0654 e. The fraction of sp³-hybridized carbons (Fsp3) is 1.00. The van der Waals surface area contributed by atoms with Crippen molar-refractivity contribution in [1.82, 2.24) is 0 Å². The Bertz CT molecular complexity index is 153. The van der Waals surface area contributed by atoms with Crippen LogP contribution < -0.4 is 0 Å². The lowest BCUT2D eigenvalue weighted by atomic mass is 9.73. The predicted molar refractivity (Wildman–Crippen MR) is 69.1 cm³/mol. The van der Waals surface area contributed by atoms with Gasteiger partial charge in [-0.3, -0.25) is 0 Å². The molecule has 0 aromatic heterocycles. The molecule has 1 aliphatic carbocycles. The Morgan fingerprint density at radius 1 is 0.933 bits per heavy atom. The van der Waals surface area contributed by atoms with Crippen molar-refractivity contribution in [1.29, 1.82) is 0 Å². The predicted octanol–water partition coefficient (Wildman–Crippen LogP) is 5.56. The topological polar surface area (TPSA) is 0 Å². The fourth-order valence-electron chi connectivity index (χ4n) is 3.64. The highest BCUT2D eigenvalue weighted by Gasteiger charge is 2.30. The summed E-state index contributed by atoms with van der Waals surface area (Å²) in [5, 5.41) is 0. The third-order valence-corrected chi connectivity index (χ3v) is 4.54. The van der Waals surface area contributed by atoms with Crippen LogP contribution in [0.4, 0.5) is 0 Å². The van der Waals surface area contributed by atoms with E-state index in [0.29, 0.717) is 0 Å². The fourth-order valence-corrected chi connectivity index (χ4v) is 3.64. The lowest BCUT2D eigenvalue weighted by molar-refractivity contribution is 0.195. The van der Waals surface area contributed by atoms with Crippen LogP contribution in [0.3, 0.4) is 0 Å². The summed E-state index contributed by atoms with van der Waals surface area (Å²) in [5.74, 6) is 1.04. The second kappa shape index (κ2) is 6.55. The smallest absolute Gasteiger partial charge is 0.0298 e. The molecule has 90 valence electrons. The van der Waals surface area contributed by atoms with E-state index in [1.807, 2.05) is 0 Å². The van der Waals surface area contributed by atoms with Gasteiger partial charge in [0.25, 0.3) is 0 Å². The summed E-state index contributed by atoms with van der Waals surface area (Å²) >= 11 is 0. The van der Waals surface area contributed by atoms with Crippen molar-refractivity contribution >= 4 is 0 Å². The molecular formula is C15H30. The van der Waals surface area contributed by atoms with E-state index in [1.165, 1.54) is 64.2 Å². The first kappa shape index (κ1) is 13.1. The van der Waals surface area contributed by atoms with Gasteiger partial charge in [0, 0.05) is 0 Å². The van der Waals surface area contributed by atoms with Gasteiger partial charge in [-0.2, -0.15) is 0 Å². The Kier molecular flexibility index (Phi) is 5.71. The van der Waals surface area contributed by atoms with Crippen LogP contribution in [0.5, 0.6) is 0 Å². The van der Waals surface area contributed by atoms with Crippen LogP contribution in [-0.2, 0) is 0 Å². The van der Waals surface area contributed by atoms with Gasteiger partial charge in [0.05, 0.1) is 0 Å². The van der Waals surface area contributed by atoms with Crippen LogP contribution in [0.15, 0.2) is 0 Å². The van der Waals surface area contributed by atoms with Gasteiger partial charge < -0.3 is 0 Å². The van der Waals surface area contributed by atoms with E-state index in [9.17, 15) is 0 Å². The molecule has 0 nitrogen and oxygen atoms in total. The molecule has 15 heavy (non-hydrogen) atoms. The third-order valence-electron chi connectivity index (χ3n) is 4.54. The number of hydrogen-bond donors (Lipinski definition) is 0. The average Bonchev–Trinajstić information content (AvgIpc) is 2.42. The SMILES string of the molecule is CCCC1(CCC)CCCC(CC)CC1. The molecule has 1 unspecified atom stereocenters. The standard InChI is InChI=1S/C15H30/c1-4-10-15(11-5-2)12-7-8-14(6-3)9-13-15/h14H,4-13H2,1-3H3. The van der Waals surface area contributed by atoms with Gasteiger partial charge >= 0.3 is 0 Å². The molecule has 0 radical (unpaired) electrons. The van der Waals surface area contributed by atoms with E-state index < -0.39 is 0 Å². The van der Waals surface area contributed by atoms with Crippen molar-refractivity contribution < 1.29 is 0 Å². The maximum atomic E-state index is 2.37. The quantitative estimate of drug-likeness (QED) is 0.521. The van der Waals surface area contributed by atoms with Crippen LogP contribution in [-0.4, -0.2) is 0 Å². The summed E-state index contributed by atoms with van der Waals surface area (Å²) in [6.07, 6.45) is 14.7. The van der Waals surface area contributed by atoms with Crippen LogP contribution in [0.1, 0.15) is 85.0 Å². The van der Waals surface area contributed by atoms with E-state index in [1.54, 1.807) is 0 Å². The summed E-state index contributed by atoms with van der Waals surface area (Å²) < 4.78 is 0. The maximum absolute atomic E-state index is 2.37. The molecule has 0 aromatic carbocycles. The van der Waals surface area contributed by atoms with E-state index in [-0.39, 0.29) is 0 Å². The molecule has 1 saturated carbocycles. The highest BCUT2D eigenvalue weighted by molar-refractivity contribution is 4.83. The molecule has 1 aliphatic rings. The Morgan fingerprint density at radius 3 is 2.13 bits per heavy atom. The number of rotatable bonds is 5. The van der Waals surface area contributed by atoms with Gasteiger partial charge in [-0.15, -0.1) is 0 Å². The molecule has 0 aliphatic heterocycles. The first-order valence-corrected chi connectivity index (χ1v) is 7.26.